The maximum Gasteiger partial charge on any atom is 0.389 e. The number of hydrogen-bond acceptors (Lipinski definition) is 2. The summed E-state index contributed by atoms with van der Waals surface area (Å²) in [5.74, 6) is 0. The van der Waals surface area contributed by atoms with Crippen LogP contribution in [0.4, 0.5) is 13.2 Å². The molecule has 0 amide bonds. The van der Waals surface area contributed by atoms with E-state index in [1.54, 1.807) is 0 Å². The molecule has 0 rings (SSSR count). The van der Waals surface area contributed by atoms with Crippen LogP contribution in [0.25, 0.3) is 0 Å². The minimum atomic E-state index is -5.15. The molecule has 0 aliphatic heterocycles. The molecular weight excluding hydrogens is 205 g/mol. The van der Waals surface area contributed by atoms with Gasteiger partial charge in [-0.05, 0) is 6.42 Å². The average molecular weight is 211 g/mol. The SMILES string of the molecule is CCC(F)C(F)(F)S(=O)(=O)Cl. The summed E-state index contributed by atoms with van der Waals surface area (Å²) in [6.45, 7) is 1.10. The van der Waals surface area contributed by atoms with Crippen LogP contribution in [0.3, 0.4) is 0 Å². The number of rotatable bonds is 3. The van der Waals surface area contributed by atoms with Crippen molar-refractivity contribution in [3.05, 3.63) is 0 Å². The van der Waals surface area contributed by atoms with Crippen LogP contribution in [-0.4, -0.2) is 19.8 Å². The van der Waals surface area contributed by atoms with E-state index < -0.39 is 26.9 Å². The van der Waals surface area contributed by atoms with E-state index in [1.807, 2.05) is 0 Å². The summed E-state index contributed by atoms with van der Waals surface area (Å²) in [6.07, 6.45) is -3.34. The normalized spacial score (nSPS) is 16.5. The lowest BCUT2D eigenvalue weighted by atomic mass is 10.3. The van der Waals surface area contributed by atoms with Gasteiger partial charge >= 0.3 is 14.3 Å². The van der Waals surface area contributed by atoms with E-state index in [1.165, 1.54) is 0 Å². The van der Waals surface area contributed by atoms with Gasteiger partial charge in [-0.2, -0.15) is 8.78 Å². The molecule has 1 atom stereocenters. The fraction of sp³-hybridized carbons (Fsp3) is 1.00. The maximum absolute atomic E-state index is 12.2. The first-order valence-corrected chi connectivity index (χ1v) is 5.00. The third-order valence-electron chi connectivity index (χ3n) is 1.05. The van der Waals surface area contributed by atoms with Crippen molar-refractivity contribution < 1.29 is 21.6 Å². The summed E-state index contributed by atoms with van der Waals surface area (Å²) in [7, 11) is -0.869. The van der Waals surface area contributed by atoms with Crippen LogP contribution in [0.2, 0.25) is 0 Å². The van der Waals surface area contributed by atoms with Gasteiger partial charge in [0.05, 0.1) is 0 Å². The molecule has 2 nitrogen and oxygen atoms in total. The van der Waals surface area contributed by atoms with Gasteiger partial charge in [-0.3, -0.25) is 0 Å². The Morgan fingerprint density at radius 2 is 1.91 bits per heavy atom. The van der Waals surface area contributed by atoms with E-state index in [4.69, 9.17) is 0 Å². The summed E-state index contributed by atoms with van der Waals surface area (Å²) in [6, 6.07) is 0. The first-order valence-electron chi connectivity index (χ1n) is 2.69. The van der Waals surface area contributed by atoms with E-state index in [-0.39, 0.29) is 0 Å². The monoisotopic (exact) mass is 210 g/mol. The van der Waals surface area contributed by atoms with E-state index in [2.05, 4.69) is 10.7 Å². The largest absolute Gasteiger partial charge is 0.389 e. The summed E-state index contributed by atoms with van der Waals surface area (Å²) >= 11 is 0. The average Bonchev–Trinajstić information content (AvgIpc) is 1.83. The Morgan fingerprint density at radius 1 is 1.55 bits per heavy atom. The predicted octanol–water partition coefficient (Wildman–Crippen LogP) is 1.90. The van der Waals surface area contributed by atoms with Crippen molar-refractivity contribution in [3.63, 3.8) is 0 Å². The van der Waals surface area contributed by atoms with Crippen molar-refractivity contribution in [2.24, 2.45) is 0 Å². The van der Waals surface area contributed by atoms with Crippen molar-refractivity contribution >= 4 is 19.7 Å². The lowest BCUT2D eigenvalue weighted by Gasteiger charge is -2.14. The second-order valence-corrected chi connectivity index (χ2v) is 4.51. The summed E-state index contributed by atoms with van der Waals surface area (Å²) < 4.78 is 56.7. The zero-order valence-corrected chi connectivity index (χ0v) is 7.09. The molecule has 1 unspecified atom stereocenters. The van der Waals surface area contributed by atoms with Crippen molar-refractivity contribution in [1.82, 2.24) is 0 Å². The lowest BCUT2D eigenvalue weighted by molar-refractivity contribution is 0.00549. The predicted molar refractivity (Wildman–Crippen MR) is 34.9 cm³/mol. The molecule has 0 aromatic heterocycles. The van der Waals surface area contributed by atoms with Crippen LogP contribution in [0.5, 0.6) is 0 Å². The van der Waals surface area contributed by atoms with E-state index in [0.29, 0.717) is 0 Å². The molecule has 0 aromatic rings. The molecule has 0 radical (unpaired) electrons. The number of alkyl halides is 3. The first-order chi connectivity index (χ1) is 4.73. The summed E-state index contributed by atoms with van der Waals surface area (Å²) in [5, 5.41) is -4.48. The molecule has 0 saturated carbocycles. The van der Waals surface area contributed by atoms with Gasteiger partial charge in [0.15, 0.2) is 6.17 Å². The van der Waals surface area contributed by atoms with Crippen LogP contribution < -0.4 is 0 Å². The van der Waals surface area contributed by atoms with Crippen LogP contribution in [0.15, 0.2) is 0 Å². The Hall–Kier alpha value is 0.0300. The second kappa shape index (κ2) is 3.18. The van der Waals surface area contributed by atoms with E-state index in [0.717, 1.165) is 6.92 Å². The highest BCUT2D eigenvalue weighted by molar-refractivity contribution is 8.14. The molecule has 0 bridgehead atoms. The van der Waals surface area contributed by atoms with Gasteiger partial charge in [0, 0.05) is 10.7 Å². The molecule has 0 heterocycles. The van der Waals surface area contributed by atoms with Gasteiger partial charge in [0.1, 0.15) is 0 Å². The van der Waals surface area contributed by atoms with E-state index in [9.17, 15) is 21.6 Å². The third kappa shape index (κ3) is 2.23. The quantitative estimate of drug-likeness (QED) is 0.667. The fourth-order valence-corrected chi connectivity index (χ4v) is 1.15. The minimum Gasteiger partial charge on any atom is -0.240 e. The Morgan fingerprint density at radius 3 is 2.00 bits per heavy atom. The van der Waals surface area contributed by atoms with Crippen LogP contribution in [-0.2, 0) is 9.05 Å². The van der Waals surface area contributed by atoms with Crippen molar-refractivity contribution in [2.45, 2.75) is 24.8 Å². The molecule has 0 fully saturated rings. The molecule has 11 heavy (non-hydrogen) atoms. The third-order valence-corrected chi connectivity index (χ3v) is 2.57. The Balaban J connectivity index is 4.74. The summed E-state index contributed by atoms with van der Waals surface area (Å²) in [5.41, 5.74) is 0. The van der Waals surface area contributed by atoms with Crippen LogP contribution in [0, 0.1) is 0 Å². The minimum absolute atomic E-state index is 0.598. The highest BCUT2D eigenvalue weighted by Gasteiger charge is 2.51. The van der Waals surface area contributed by atoms with Crippen molar-refractivity contribution in [2.75, 3.05) is 0 Å². The molecule has 7 heteroatoms. The highest BCUT2D eigenvalue weighted by Crippen LogP contribution is 2.32. The molecule has 0 N–H and O–H groups in total. The van der Waals surface area contributed by atoms with Gasteiger partial charge < -0.3 is 0 Å². The smallest absolute Gasteiger partial charge is 0.240 e. The number of hydrogen-bond donors (Lipinski definition) is 0. The van der Waals surface area contributed by atoms with E-state index >= 15 is 0 Å². The van der Waals surface area contributed by atoms with Gasteiger partial charge in [-0.25, -0.2) is 12.8 Å². The first kappa shape index (κ1) is 11.0. The molecule has 0 aliphatic rings. The summed E-state index contributed by atoms with van der Waals surface area (Å²) in [4.78, 5) is 0. The van der Waals surface area contributed by atoms with Gasteiger partial charge in [0.2, 0.25) is 0 Å². The highest BCUT2D eigenvalue weighted by atomic mass is 35.7. The second-order valence-electron chi connectivity index (χ2n) is 1.88. The van der Waals surface area contributed by atoms with Crippen LogP contribution in [0.1, 0.15) is 13.3 Å². The molecule has 0 saturated heterocycles. The van der Waals surface area contributed by atoms with Gasteiger partial charge in [-0.15, -0.1) is 0 Å². The van der Waals surface area contributed by atoms with Crippen molar-refractivity contribution in [3.8, 4) is 0 Å². The molecule has 0 aromatic carbocycles. The Labute approximate surface area is 66.8 Å². The van der Waals surface area contributed by atoms with Crippen LogP contribution >= 0.6 is 10.7 Å². The topological polar surface area (TPSA) is 34.1 Å². The fourth-order valence-electron chi connectivity index (χ4n) is 0.390. The molecule has 0 spiro atoms. The maximum atomic E-state index is 12.2. The standard InChI is InChI=1S/C4H6ClF3O2S/c1-2-3(6)4(7,8)11(5,9)10/h3H,2H2,1H3. The number of halogens is 4. The molecule has 0 aliphatic carbocycles. The van der Waals surface area contributed by atoms with Gasteiger partial charge in [0.25, 0.3) is 0 Å². The van der Waals surface area contributed by atoms with Gasteiger partial charge in [-0.1, -0.05) is 6.92 Å². The Bertz CT molecular complexity index is 225. The molecular formula is C4H6ClF3O2S. The zero-order chi connectivity index (χ0) is 9.28. The zero-order valence-electron chi connectivity index (χ0n) is 5.52. The lowest BCUT2D eigenvalue weighted by Crippen LogP contribution is -2.35. The molecule has 68 valence electrons. The van der Waals surface area contributed by atoms with Crippen molar-refractivity contribution in [1.29, 1.82) is 0 Å². The Kier molecular flexibility index (Phi) is 3.19.